The highest BCUT2D eigenvalue weighted by molar-refractivity contribution is 5.94. The summed E-state index contributed by atoms with van der Waals surface area (Å²) in [5, 5.41) is 9.10. The van der Waals surface area contributed by atoms with Crippen molar-refractivity contribution in [3.8, 4) is 0 Å². The second-order valence-electron chi connectivity index (χ2n) is 6.07. The van der Waals surface area contributed by atoms with Crippen LogP contribution in [0.2, 0.25) is 0 Å². The van der Waals surface area contributed by atoms with Crippen LogP contribution < -0.4 is 5.32 Å². The first-order chi connectivity index (χ1) is 12.0. The fraction of sp³-hybridized carbons (Fsp3) is 0.412. The van der Waals surface area contributed by atoms with Gasteiger partial charge in [-0.15, -0.1) is 0 Å². The summed E-state index contributed by atoms with van der Waals surface area (Å²) in [5.41, 5.74) is 1.13. The van der Waals surface area contributed by atoms with Crippen molar-refractivity contribution in [3.63, 3.8) is 0 Å². The minimum atomic E-state index is -2.11. The number of carbonyl (C=O) groups excluding carboxylic acids is 1. The van der Waals surface area contributed by atoms with Gasteiger partial charge in [0.1, 0.15) is 24.7 Å². The van der Waals surface area contributed by atoms with Crippen molar-refractivity contribution in [2.45, 2.75) is 43.6 Å². The lowest BCUT2D eigenvalue weighted by Crippen LogP contribution is -2.43. The Bertz CT molecular complexity index is 693. The molecule has 8 heteroatoms. The Balaban J connectivity index is 1.69. The monoisotopic (exact) mass is 355 g/mol. The number of aromatic nitrogens is 2. The smallest absolute Gasteiger partial charge is 0.251 e. The molecule has 0 spiro atoms. The van der Waals surface area contributed by atoms with Crippen molar-refractivity contribution < 1.29 is 22.4 Å². The molecule has 4 nitrogen and oxygen atoms in total. The molecule has 134 valence electrons. The van der Waals surface area contributed by atoms with Crippen LogP contribution in [-0.4, -0.2) is 40.8 Å². The second-order valence-corrected chi connectivity index (χ2v) is 6.07. The molecular formula is C17H17F4N3O. The molecule has 2 N–H and O–H groups in total. The van der Waals surface area contributed by atoms with Crippen molar-refractivity contribution in [2.75, 3.05) is 0 Å². The normalized spacial score (nSPS) is 29.4. The molecule has 1 aromatic heterocycles. The fourth-order valence-corrected chi connectivity index (χ4v) is 2.99. The van der Waals surface area contributed by atoms with Crippen LogP contribution in [0, 0.1) is 0 Å². The largest absolute Gasteiger partial charge is 0.346 e. The minimum absolute atomic E-state index is 0.134. The fourth-order valence-electron chi connectivity index (χ4n) is 2.99. The molecule has 1 amide bonds. The molecule has 1 saturated carbocycles. The third-order valence-corrected chi connectivity index (χ3v) is 4.38. The first-order valence-corrected chi connectivity index (χ1v) is 7.90. The molecule has 0 radical (unpaired) electrons. The number of benzene rings is 1. The average Bonchev–Trinajstić information content (AvgIpc) is 3.12. The molecule has 3 rings (SSSR count). The number of carbonyl (C=O) groups is 1. The SMILES string of the molecule is O=C(NCc1ccn[nH]1)c1ccc(C2[C@@H](F)[C@@H](F)C[C@@H](F)[C@H]2F)cc1. The van der Waals surface area contributed by atoms with E-state index in [1.54, 1.807) is 12.3 Å². The number of amides is 1. The van der Waals surface area contributed by atoms with Gasteiger partial charge in [-0.3, -0.25) is 9.89 Å². The lowest BCUT2D eigenvalue weighted by atomic mass is 9.79. The van der Waals surface area contributed by atoms with Crippen LogP contribution in [0.3, 0.4) is 0 Å². The maximum Gasteiger partial charge on any atom is 0.251 e. The van der Waals surface area contributed by atoms with E-state index in [4.69, 9.17) is 0 Å². The van der Waals surface area contributed by atoms with Gasteiger partial charge in [-0.2, -0.15) is 5.10 Å². The molecule has 0 bridgehead atoms. The number of halogens is 4. The third kappa shape index (κ3) is 3.67. The molecule has 1 aromatic carbocycles. The van der Waals surface area contributed by atoms with Gasteiger partial charge in [0.2, 0.25) is 0 Å². The van der Waals surface area contributed by atoms with Gasteiger partial charge in [0.05, 0.1) is 18.2 Å². The van der Waals surface area contributed by atoms with Crippen LogP contribution >= 0.6 is 0 Å². The van der Waals surface area contributed by atoms with Crippen LogP contribution in [0.25, 0.3) is 0 Å². The zero-order chi connectivity index (χ0) is 18.0. The van der Waals surface area contributed by atoms with Gasteiger partial charge in [-0.05, 0) is 23.8 Å². The predicted octanol–water partition coefficient (Wildman–Crippen LogP) is 3.18. The van der Waals surface area contributed by atoms with Crippen LogP contribution in [0.1, 0.15) is 34.0 Å². The Morgan fingerprint density at radius 3 is 2.28 bits per heavy atom. The van der Waals surface area contributed by atoms with Gasteiger partial charge in [0, 0.05) is 18.2 Å². The van der Waals surface area contributed by atoms with E-state index in [1.807, 2.05) is 0 Å². The number of H-pyrrole nitrogens is 1. The van der Waals surface area contributed by atoms with Crippen molar-refractivity contribution in [1.29, 1.82) is 0 Å². The standard InChI is InChI=1S/C17H17F4N3O/c18-12-7-13(19)16(21)14(15(12)20)9-1-3-10(4-2-9)17(25)22-8-11-5-6-23-24-11/h1-6,12-16H,7-8H2,(H,22,25)(H,23,24)/t12-,13+,14?,15-,16+. The highest BCUT2D eigenvalue weighted by atomic mass is 19.2. The van der Waals surface area contributed by atoms with E-state index in [9.17, 15) is 22.4 Å². The molecule has 1 fully saturated rings. The summed E-state index contributed by atoms with van der Waals surface area (Å²) < 4.78 is 55.1. The number of nitrogens with zero attached hydrogens (tertiary/aromatic N) is 1. The molecule has 1 aliphatic carbocycles. The van der Waals surface area contributed by atoms with Crippen molar-refractivity contribution >= 4 is 5.91 Å². The maximum atomic E-state index is 14.0. The Hall–Kier alpha value is -2.38. The van der Waals surface area contributed by atoms with E-state index < -0.39 is 37.0 Å². The van der Waals surface area contributed by atoms with Gasteiger partial charge >= 0.3 is 0 Å². The van der Waals surface area contributed by atoms with Crippen LogP contribution in [0.4, 0.5) is 17.6 Å². The molecule has 1 heterocycles. The minimum Gasteiger partial charge on any atom is -0.346 e. The summed E-state index contributed by atoms with van der Waals surface area (Å²) in [7, 11) is 0. The highest BCUT2D eigenvalue weighted by Crippen LogP contribution is 2.40. The molecule has 25 heavy (non-hydrogen) atoms. The Labute approximate surface area is 141 Å². The summed E-state index contributed by atoms with van der Waals surface area (Å²) in [4.78, 5) is 12.0. The van der Waals surface area contributed by atoms with Crippen LogP contribution in [-0.2, 0) is 6.54 Å². The summed E-state index contributed by atoms with van der Waals surface area (Å²) in [6.07, 6.45) is -7.51. The summed E-state index contributed by atoms with van der Waals surface area (Å²) in [6.45, 7) is 0.245. The van der Waals surface area contributed by atoms with Gasteiger partial charge in [0.15, 0.2) is 0 Å². The number of aromatic amines is 1. The first-order valence-electron chi connectivity index (χ1n) is 7.90. The zero-order valence-corrected chi connectivity index (χ0v) is 13.1. The molecule has 2 aromatic rings. The number of hydrogen-bond donors (Lipinski definition) is 2. The summed E-state index contributed by atoms with van der Waals surface area (Å²) in [6, 6.07) is 7.13. The van der Waals surface area contributed by atoms with E-state index in [1.165, 1.54) is 24.3 Å². The second kappa shape index (κ2) is 7.25. The highest BCUT2D eigenvalue weighted by Gasteiger charge is 2.47. The molecular weight excluding hydrogens is 338 g/mol. The third-order valence-electron chi connectivity index (χ3n) is 4.38. The van der Waals surface area contributed by atoms with Crippen LogP contribution in [0.15, 0.2) is 36.5 Å². The number of rotatable bonds is 4. The molecule has 5 atom stereocenters. The van der Waals surface area contributed by atoms with E-state index in [2.05, 4.69) is 15.5 Å². The van der Waals surface area contributed by atoms with E-state index in [0.29, 0.717) is 0 Å². The molecule has 0 saturated heterocycles. The Morgan fingerprint density at radius 1 is 1.08 bits per heavy atom. The molecule has 1 aliphatic rings. The van der Waals surface area contributed by atoms with Gasteiger partial charge < -0.3 is 5.32 Å². The van der Waals surface area contributed by atoms with Crippen LogP contribution in [0.5, 0.6) is 0 Å². The number of alkyl halides is 4. The van der Waals surface area contributed by atoms with Gasteiger partial charge in [0.25, 0.3) is 5.91 Å². The van der Waals surface area contributed by atoms with Gasteiger partial charge in [-0.25, -0.2) is 17.6 Å². The zero-order valence-electron chi connectivity index (χ0n) is 13.1. The maximum absolute atomic E-state index is 14.0. The lowest BCUT2D eigenvalue weighted by molar-refractivity contribution is -0.00571. The Morgan fingerprint density at radius 2 is 1.72 bits per heavy atom. The lowest BCUT2D eigenvalue weighted by Gasteiger charge is -2.34. The van der Waals surface area contributed by atoms with E-state index >= 15 is 0 Å². The quantitative estimate of drug-likeness (QED) is 0.828. The predicted molar refractivity (Wildman–Crippen MR) is 83.1 cm³/mol. The first kappa shape index (κ1) is 17.4. The summed E-state index contributed by atoms with van der Waals surface area (Å²) >= 11 is 0. The van der Waals surface area contributed by atoms with E-state index in [-0.39, 0.29) is 23.6 Å². The topological polar surface area (TPSA) is 57.8 Å². The van der Waals surface area contributed by atoms with Crippen molar-refractivity contribution in [3.05, 3.63) is 53.3 Å². The van der Waals surface area contributed by atoms with E-state index in [0.717, 1.165) is 5.69 Å². The van der Waals surface area contributed by atoms with Crippen molar-refractivity contribution in [2.24, 2.45) is 0 Å². The number of hydrogen-bond acceptors (Lipinski definition) is 2. The molecule has 0 aliphatic heterocycles. The molecule has 1 unspecified atom stereocenters. The number of nitrogens with one attached hydrogen (secondary N) is 2. The van der Waals surface area contributed by atoms with Crippen molar-refractivity contribution in [1.82, 2.24) is 15.5 Å². The van der Waals surface area contributed by atoms with Gasteiger partial charge in [-0.1, -0.05) is 12.1 Å². The average molecular weight is 355 g/mol. The Kier molecular flexibility index (Phi) is 5.06. The summed E-state index contributed by atoms with van der Waals surface area (Å²) in [5.74, 6) is -1.90.